The molecule has 1 aromatic rings. The molecule has 1 N–H and O–H groups in total. The second-order valence-electron chi connectivity index (χ2n) is 5.30. The molecule has 1 rings (SSSR count). The zero-order valence-electron chi connectivity index (χ0n) is 12.4. The normalized spacial score (nSPS) is 12.0. The fourth-order valence-corrected chi connectivity index (χ4v) is 1.65. The lowest BCUT2D eigenvalue weighted by Gasteiger charge is -2.14. The van der Waals surface area contributed by atoms with Crippen molar-refractivity contribution in [3.8, 4) is 0 Å². The van der Waals surface area contributed by atoms with Crippen LogP contribution in [0.4, 0.5) is 0 Å². The largest absolute Gasteiger partial charge is 0.464 e. The number of nitrogens with one attached hydrogen (secondary N) is 1. The first kappa shape index (κ1) is 16.2. The third-order valence-electron chi connectivity index (χ3n) is 2.77. The Kier molecular flexibility index (Phi) is 6.77. The lowest BCUT2D eigenvalue weighted by molar-refractivity contribution is -0.148. The van der Waals surface area contributed by atoms with Gasteiger partial charge in [-0.05, 0) is 24.8 Å². The molecule has 0 heterocycles. The van der Waals surface area contributed by atoms with Crippen molar-refractivity contribution in [3.05, 3.63) is 35.9 Å². The molecule has 0 saturated carbocycles. The van der Waals surface area contributed by atoms with Gasteiger partial charge in [0.2, 0.25) is 5.91 Å². The predicted octanol–water partition coefficient (Wildman–Crippen LogP) is 2.32. The second kappa shape index (κ2) is 8.35. The highest BCUT2D eigenvalue weighted by Gasteiger charge is 2.17. The molecule has 1 unspecified atom stereocenters. The molecule has 1 aromatic carbocycles. The monoisotopic (exact) mass is 277 g/mol. The van der Waals surface area contributed by atoms with Crippen molar-refractivity contribution in [1.29, 1.82) is 0 Å². The van der Waals surface area contributed by atoms with Crippen LogP contribution in [0.2, 0.25) is 0 Å². The third-order valence-corrected chi connectivity index (χ3v) is 2.77. The summed E-state index contributed by atoms with van der Waals surface area (Å²) in [6.45, 7) is 5.96. The van der Waals surface area contributed by atoms with Crippen molar-refractivity contribution in [2.45, 2.75) is 39.7 Å². The van der Waals surface area contributed by atoms with Gasteiger partial charge in [-0.2, -0.15) is 0 Å². The Labute approximate surface area is 120 Å². The Hall–Kier alpha value is -1.84. The van der Waals surface area contributed by atoms with Crippen LogP contribution in [0.5, 0.6) is 0 Å². The summed E-state index contributed by atoms with van der Waals surface area (Å²) in [4.78, 5) is 23.4. The number of hydrogen-bond acceptors (Lipinski definition) is 3. The zero-order valence-corrected chi connectivity index (χ0v) is 12.4. The van der Waals surface area contributed by atoms with Gasteiger partial charge < -0.3 is 10.1 Å². The molecular weight excluding hydrogens is 254 g/mol. The Bertz CT molecular complexity index is 429. The summed E-state index contributed by atoms with van der Waals surface area (Å²) in [6.07, 6.45) is 1.03. The van der Waals surface area contributed by atoms with Crippen molar-refractivity contribution in [3.63, 3.8) is 0 Å². The van der Waals surface area contributed by atoms with Crippen molar-refractivity contribution in [2.24, 2.45) is 5.92 Å². The highest BCUT2D eigenvalue weighted by atomic mass is 16.5. The Morgan fingerprint density at radius 1 is 1.15 bits per heavy atom. The predicted molar refractivity (Wildman–Crippen MR) is 78.2 cm³/mol. The van der Waals surface area contributed by atoms with E-state index in [1.54, 1.807) is 6.92 Å². The smallest absolute Gasteiger partial charge is 0.328 e. The van der Waals surface area contributed by atoms with Crippen molar-refractivity contribution < 1.29 is 14.3 Å². The molecular formula is C16H23NO3. The SMILES string of the molecule is CC(C)COC(=O)C(C)NC(=O)CCc1ccccc1. The molecule has 1 amide bonds. The minimum atomic E-state index is -0.600. The molecule has 0 bridgehead atoms. The number of hydrogen-bond donors (Lipinski definition) is 1. The first-order chi connectivity index (χ1) is 9.49. The van der Waals surface area contributed by atoms with Crippen molar-refractivity contribution >= 4 is 11.9 Å². The maximum atomic E-state index is 11.8. The summed E-state index contributed by atoms with van der Waals surface area (Å²) < 4.78 is 5.08. The molecule has 20 heavy (non-hydrogen) atoms. The van der Waals surface area contributed by atoms with E-state index in [2.05, 4.69) is 5.32 Å². The van der Waals surface area contributed by atoms with Gasteiger partial charge in [0.05, 0.1) is 6.61 Å². The maximum Gasteiger partial charge on any atom is 0.328 e. The van der Waals surface area contributed by atoms with Crippen LogP contribution in [0.3, 0.4) is 0 Å². The van der Waals surface area contributed by atoms with E-state index in [0.29, 0.717) is 25.4 Å². The fraction of sp³-hybridized carbons (Fsp3) is 0.500. The summed E-state index contributed by atoms with van der Waals surface area (Å²) in [5.41, 5.74) is 1.11. The van der Waals surface area contributed by atoms with E-state index >= 15 is 0 Å². The average molecular weight is 277 g/mol. The van der Waals surface area contributed by atoms with E-state index in [1.165, 1.54) is 0 Å². The number of esters is 1. The minimum absolute atomic E-state index is 0.136. The summed E-state index contributed by atoms with van der Waals surface area (Å²) in [6, 6.07) is 9.19. The van der Waals surface area contributed by atoms with Crippen LogP contribution in [0, 0.1) is 5.92 Å². The lowest BCUT2D eigenvalue weighted by Crippen LogP contribution is -2.40. The number of aryl methyl sites for hydroxylation is 1. The van der Waals surface area contributed by atoms with Gasteiger partial charge in [0.25, 0.3) is 0 Å². The number of carbonyl (C=O) groups excluding carboxylic acids is 2. The highest BCUT2D eigenvalue weighted by Crippen LogP contribution is 2.03. The molecule has 4 heteroatoms. The van der Waals surface area contributed by atoms with Crippen LogP contribution in [0.1, 0.15) is 32.8 Å². The number of carbonyl (C=O) groups is 2. The van der Waals surface area contributed by atoms with E-state index in [0.717, 1.165) is 5.56 Å². The molecule has 0 saturated heterocycles. The number of ether oxygens (including phenoxy) is 1. The maximum absolute atomic E-state index is 11.8. The molecule has 1 atom stereocenters. The fourth-order valence-electron chi connectivity index (χ4n) is 1.65. The van der Waals surface area contributed by atoms with Crippen molar-refractivity contribution in [2.75, 3.05) is 6.61 Å². The van der Waals surface area contributed by atoms with E-state index in [9.17, 15) is 9.59 Å². The Balaban J connectivity index is 2.29. The van der Waals surface area contributed by atoms with E-state index < -0.39 is 6.04 Å². The van der Waals surface area contributed by atoms with Crippen LogP contribution in [-0.2, 0) is 20.7 Å². The molecule has 0 radical (unpaired) electrons. The molecule has 0 aliphatic heterocycles. The summed E-state index contributed by atoms with van der Waals surface area (Å²) >= 11 is 0. The Morgan fingerprint density at radius 3 is 2.40 bits per heavy atom. The lowest BCUT2D eigenvalue weighted by atomic mass is 10.1. The average Bonchev–Trinajstić information content (AvgIpc) is 2.43. The summed E-state index contributed by atoms with van der Waals surface area (Å²) in [5, 5.41) is 2.66. The molecule has 0 fully saturated rings. The van der Waals surface area contributed by atoms with Gasteiger partial charge >= 0.3 is 5.97 Å². The quantitative estimate of drug-likeness (QED) is 0.778. The second-order valence-corrected chi connectivity index (χ2v) is 5.30. The van der Waals surface area contributed by atoms with Gasteiger partial charge in [0, 0.05) is 6.42 Å². The topological polar surface area (TPSA) is 55.4 Å². The summed E-state index contributed by atoms with van der Waals surface area (Å²) in [5.74, 6) is -0.227. The highest BCUT2D eigenvalue weighted by molar-refractivity contribution is 5.84. The Morgan fingerprint density at radius 2 is 1.80 bits per heavy atom. The van der Waals surface area contributed by atoms with Crippen molar-refractivity contribution in [1.82, 2.24) is 5.32 Å². The minimum Gasteiger partial charge on any atom is -0.464 e. The molecule has 0 aliphatic carbocycles. The van der Waals surface area contributed by atoms with E-state index in [1.807, 2.05) is 44.2 Å². The van der Waals surface area contributed by atoms with E-state index in [4.69, 9.17) is 4.74 Å². The van der Waals surface area contributed by atoms with Gasteiger partial charge in [-0.15, -0.1) is 0 Å². The number of benzene rings is 1. The van der Waals surface area contributed by atoms with Crippen LogP contribution >= 0.6 is 0 Å². The van der Waals surface area contributed by atoms with Crippen LogP contribution in [0.15, 0.2) is 30.3 Å². The first-order valence-corrected chi connectivity index (χ1v) is 6.99. The van der Waals surface area contributed by atoms with Crippen LogP contribution < -0.4 is 5.32 Å². The van der Waals surface area contributed by atoms with Gasteiger partial charge in [0.15, 0.2) is 0 Å². The molecule has 0 aromatic heterocycles. The third kappa shape index (κ3) is 6.36. The molecule has 110 valence electrons. The molecule has 0 spiro atoms. The zero-order chi connectivity index (χ0) is 15.0. The van der Waals surface area contributed by atoms with Gasteiger partial charge in [-0.3, -0.25) is 4.79 Å². The number of amides is 1. The van der Waals surface area contributed by atoms with Gasteiger partial charge in [-0.25, -0.2) is 4.79 Å². The molecule has 0 aliphatic rings. The standard InChI is InChI=1S/C16H23NO3/c1-12(2)11-20-16(19)13(3)17-15(18)10-9-14-7-5-4-6-8-14/h4-8,12-13H,9-11H2,1-3H3,(H,17,18). The molecule has 4 nitrogen and oxygen atoms in total. The van der Waals surface area contributed by atoms with Gasteiger partial charge in [-0.1, -0.05) is 44.2 Å². The summed E-state index contributed by atoms with van der Waals surface area (Å²) in [7, 11) is 0. The van der Waals surface area contributed by atoms with Crippen LogP contribution in [0.25, 0.3) is 0 Å². The van der Waals surface area contributed by atoms with Gasteiger partial charge in [0.1, 0.15) is 6.04 Å². The number of rotatable bonds is 7. The first-order valence-electron chi connectivity index (χ1n) is 6.99. The van der Waals surface area contributed by atoms with Crippen LogP contribution in [-0.4, -0.2) is 24.5 Å². The van der Waals surface area contributed by atoms with E-state index in [-0.39, 0.29) is 11.9 Å².